The van der Waals surface area contributed by atoms with Gasteiger partial charge in [-0.25, -0.2) is 4.39 Å². The number of nitrogens with zero attached hydrogens (tertiary/aromatic N) is 1. The van der Waals surface area contributed by atoms with E-state index >= 15 is 0 Å². The van der Waals surface area contributed by atoms with E-state index in [1.54, 1.807) is 24.3 Å². The molecule has 6 nitrogen and oxygen atoms in total. The summed E-state index contributed by atoms with van der Waals surface area (Å²) >= 11 is 0. The molecule has 30 heavy (non-hydrogen) atoms. The van der Waals surface area contributed by atoms with Gasteiger partial charge in [-0.3, -0.25) is 4.79 Å². The molecular formula is C23H27FN2O4. The molecule has 1 N–H and O–H groups in total. The summed E-state index contributed by atoms with van der Waals surface area (Å²) in [5, 5.41) is 2.86. The summed E-state index contributed by atoms with van der Waals surface area (Å²) in [7, 11) is 0. The van der Waals surface area contributed by atoms with Crippen molar-refractivity contribution in [1.82, 2.24) is 0 Å². The van der Waals surface area contributed by atoms with Gasteiger partial charge < -0.3 is 24.4 Å². The average Bonchev–Trinajstić information content (AvgIpc) is 2.76. The van der Waals surface area contributed by atoms with Crippen molar-refractivity contribution in [2.24, 2.45) is 0 Å². The van der Waals surface area contributed by atoms with E-state index in [1.807, 2.05) is 19.9 Å². The molecule has 1 fully saturated rings. The maximum absolute atomic E-state index is 13.0. The van der Waals surface area contributed by atoms with E-state index < -0.39 is 0 Å². The van der Waals surface area contributed by atoms with E-state index in [9.17, 15) is 9.18 Å². The van der Waals surface area contributed by atoms with E-state index in [0.717, 1.165) is 24.3 Å². The first-order valence-electron chi connectivity index (χ1n) is 10.1. The Balaban J connectivity index is 1.83. The standard InChI is InChI=1S/C23H27FN2O4/c1-3-29-21-16-20(26-11-13-28-14-12-26)22(30-4-2)15-19(21)25-23(27)10-7-17-5-8-18(24)9-6-17/h5-10,15-16H,3-4,11-14H2,1-2H3,(H,25,27). The van der Waals surface area contributed by atoms with E-state index in [0.29, 0.717) is 43.6 Å². The van der Waals surface area contributed by atoms with Gasteiger partial charge in [-0.05, 0) is 37.6 Å². The minimum Gasteiger partial charge on any atom is -0.492 e. The number of nitrogens with one attached hydrogen (secondary N) is 1. The van der Waals surface area contributed by atoms with Crippen LogP contribution in [0.4, 0.5) is 15.8 Å². The highest BCUT2D eigenvalue weighted by Gasteiger charge is 2.20. The quantitative estimate of drug-likeness (QED) is 0.659. The summed E-state index contributed by atoms with van der Waals surface area (Å²) in [4.78, 5) is 14.7. The first kappa shape index (κ1) is 21.6. The fourth-order valence-electron chi connectivity index (χ4n) is 3.16. The minimum atomic E-state index is -0.318. The lowest BCUT2D eigenvalue weighted by Crippen LogP contribution is -2.36. The number of hydrogen-bond donors (Lipinski definition) is 1. The number of morpholine rings is 1. The molecule has 1 heterocycles. The summed E-state index contributed by atoms with van der Waals surface area (Å²) in [6.07, 6.45) is 3.03. The van der Waals surface area contributed by atoms with Gasteiger partial charge in [0.15, 0.2) is 0 Å². The van der Waals surface area contributed by atoms with Gasteiger partial charge >= 0.3 is 0 Å². The van der Waals surface area contributed by atoms with Crippen LogP contribution in [0.5, 0.6) is 11.5 Å². The molecule has 2 aromatic carbocycles. The second-order valence-electron chi connectivity index (χ2n) is 6.66. The SMILES string of the molecule is CCOc1cc(N2CCOCC2)c(OCC)cc1NC(=O)C=Cc1ccc(F)cc1. The third-order valence-corrected chi connectivity index (χ3v) is 4.57. The van der Waals surface area contributed by atoms with Crippen LogP contribution in [0, 0.1) is 5.82 Å². The molecule has 1 aliphatic heterocycles. The normalized spacial score (nSPS) is 14.0. The van der Waals surface area contributed by atoms with E-state index in [2.05, 4.69) is 10.2 Å². The maximum atomic E-state index is 13.0. The van der Waals surface area contributed by atoms with Crippen molar-refractivity contribution in [2.75, 3.05) is 49.7 Å². The Morgan fingerprint density at radius 3 is 2.43 bits per heavy atom. The fourth-order valence-corrected chi connectivity index (χ4v) is 3.16. The number of rotatable bonds is 8. The molecule has 0 unspecified atom stereocenters. The zero-order valence-electron chi connectivity index (χ0n) is 17.3. The Bertz CT molecular complexity index is 878. The number of ether oxygens (including phenoxy) is 3. The lowest BCUT2D eigenvalue weighted by molar-refractivity contribution is -0.111. The molecule has 1 saturated heterocycles. The van der Waals surface area contributed by atoms with Crippen LogP contribution in [0.2, 0.25) is 0 Å². The molecule has 2 aromatic rings. The van der Waals surface area contributed by atoms with Crippen molar-refractivity contribution >= 4 is 23.4 Å². The van der Waals surface area contributed by atoms with Gasteiger partial charge in [0.1, 0.15) is 17.3 Å². The second kappa shape index (κ2) is 10.6. The van der Waals surface area contributed by atoms with Crippen LogP contribution in [-0.2, 0) is 9.53 Å². The smallest absolute Gasteiger partial charge is 0.248 e. The van der Waals surface area contributed by atoms with Crippen molar-refractivity contribution in [3.05, 3.63) is 53.9 Å². The molecule has 0 aliphatic carbocycles. The predicted octanol–water partition coefficient (Wildman–Crippen LogP) is 4.11. The molecule has 160 valence electrons. The Labute approximate surface area is 176 Å². The van der Waals surface area contributed by atoms with Crippen LogP contribution in [0.25, 0.3) is 6.08 Å². The van der Waals surface area contributed by atoms with Crippen LogP contribution in [0.1, 0.15) is 19.4 Å². The zero-order chi connectivity index (χ0) is 21.3. The molecular weight excluding hydrogens is 387 g/mol. The Morgan fingerprint density at radius 2 is 1.77 bits per heavy atom. The largest absolute Gasteiger partial charge is 0.492 e. The molecule has 0 atom stereocenters. The van der Waals surface area contributed by atoms with Crippen LogP contribution in [0.15, 0.2) is 42.5 Å². The summed E-state index contributed by atoms with van der Waals surface area (Å²) in [6.45, 7) is 7.61. The molecule has 7 heteroatoms. The second-order valence-corrected chi connectivity index (χ2v) is 6.66. The highest BCUT2D eigenvalue weighted by atomic mass is 19.1. The summed E-state index contributed by atoms with van der Waals surface area (Å²) in [5.41, 5.74) is 2.18. The maximum Gasteiger partial charge on any atom is 0.248 e. The molecule has 1 amide bonds. The van der Waals surface area contributed by atoms with Gasteiger partial charge in [-0.1, -0.05) is 12.1 Å². The molecule has 1 aliphatic rings. The van der Waals surface area contributed by atoms with E-state index in [-0.39, 0.29) is 11.7 Å². The minimum absolute atomic E-state index is 0.318. The highest BCUT2D eigenvalue weighted by Crippen LogP contribution is 2.39. The van der Waals surface area contributed by atoms with Crippen LogP contribution >= 0.6 is 0 Å². The van der Waals surface area contributed by atoms with Crippen molar-refractivity contribution in [1.29, 1.82) is 0 Å². The number of hydrogen-bond acceptors (Lipinski definition) is 5. The van der Waals surface area contributed by atoms with Gasteiger partial charge in [0.25, 0.3) is 0 Å². The molecule has 0 bridgehead atoms. The molecule has 0 saturated carbocycles. The van der Waals surface area contributed by atoms with Gasteiger partial charge in [-0.15, -0.1) is 0 Å². The topological polar surface area (TPSA) is 60.0 Å². The molecule has 0 spiro atoms. The first-order chi connectivity index (χ1) is 14.6. The van der Waals surface area contributed by atoms with Crippen molar-refractivity contribution in [3.8, 4) is 11.5 Å². The molecule has 0 radical (unpaired) electrons. The van der Waals surface area contributed by atoms with Crippen molar-refractivity contribution < 1.29 is 23.4 Å². The number of anilines is 2. The Hall–Kier alpha value is -3.06. The van der Waals surface area contributed by atoms with E-state index in [1.165, 1.54) is 18.2 Å². The lowest BCUT2D eigenvalue weighted by atomic mass is 10.2. The third kappa shape index (κ3) is 5.73. The third-order valence-electron chi connectivity index (χ3n) is 4.57. The number of amides is 1. The monoisotopic (exact) mass is 414 g/mol. The Kier molecular flexibility index (Phi) is 7.68. The van der Waals surface area contributed by atoms with Crippen molar-refractivity contribution in [3.63, 3.8) is 0 Å². The number of benzene rings is 2. The van der Waals surface area contributed by atoms with Gasteiger partial charge in [0.2, 0.25) is 5.91 Å². The number of carbonyl (C=O) groups is 1. The molecule has 0 aromatic heterocycles. The Morgan fingerprint density at radius 1 is 1.10 bits per heavy atom. The highest BCUT2D eigenvalue weighted by molar-refractivity contribution is 6.03. The fraction of sp³-hybridized carbons (Fsp3) is 0.348. The first-order valence-corrected chi connectivity index (χ1v) is 10.1. The summed E-state index contributed by atoms with van der Waals surface area (Å²) < 4.78 is 30.1. The van der Waals surface area contributed by atoms with Crippen LogP contribution in [-0.4, -0.2) is 45.4 Å². The van der Waals surface area contributed by atoms with Gasteiger partial charge in [-0.2, -0.15) is 0 Å². The average molecular weight is 414 g/mol. The van der Waals surface area contributed by atoms with Crippen molar-refractivity contribution in [2.45, 2.75) is 13.8 Å². The van der Waals surface area contributed by atoms with E-state index in [4.69, 9.17) is 14.2 Å². The summed E-state index contributed by atoms with van der Waals surface area (Å²) in [5.74, 6) is 0.621. The van der Waals surface area contributed by atoms with Gasteiger partial charge in [0, 0.05) is 31.3 Å². The lowest BCUT2D eigenvalue weighted by Gasteiger charge is -2.31. The number of halogens is 1. The number of carbonyl (C=O) groups excluding carboxylic acids is 1. The predicted molar refractivity (Wildman–Crippen MR) is 116 cm³/mol. The van der Waals surface area contributed by atoms with Crippen LogP contribution < -0.4 is 19.7 Å². The summed E-state index contributed by atoms with van der Waals surface area (Å²) in [6, 6.07) is 9.61. The van der Waals surface area contributed by atoms with Gasteiger partial charge in [0.05, 0.1) is 37.8 Å². The molecule has 3 rings (SSSR count). The van der Waals surface area contributed by atoms with Crippen LogP contribution in [0.3, 0.4) is 0 Å². The zero-order valence-corrected chi connectivity index (χ0v) is 17.3.